The highest BCUT2D eigenvalue weighted by Gasteiger charge is 2.22. The van der Waals surface area contributed by atoms with Gasteiger partial charge in [-0.15, -0.1) is 0 Å². The van der Waals surface area contributed by atoms with Crippen LogP contribution in [0.25, 0.3) is 10.9 Å². The number of hydrogen-bond acceptors (Lipinski definition) is 2. The summed E-state index contributed by atoms with van der Waals surface area (Å²) < 4.78 is 0. The van der Waals surface area contributed by atoms with Gasteiger partial charge in [0.1, 0.15) is 0 Å². The second-order valence-electron chi connectivity index (χ2n) is 5.99. The SMILES string of the molecule is CCCNC(CC1CCC1)c1ccc2ncccc2c1. The molecule has 1 saturated carbocycles. The van der Waals surface area contributed by atoms with Gasteiger partial charge in [-0.3, -0.25) is 4.98 Å². The van der Waals surface area contributed by atoms with Crippen LogP contribution in [0.2, 0.25) is 0 Å². The van der Waals surface area contributed by atoms with E-state index < -0.39 is 0 Å². The van der Waals surface area contributed by atoms with E-state index in [9.17, 15) is 0 Å². The predicted molar refractivity (Wildman–Crippen MR) is 84.7 cm³/mol. The van der Waals surface area contributed by atoms with Crippen LogP contribution in [0.3, 0.4) is 0 Å². The zero-order chi connectivity index (χ0) is 13.8. The van der Waals surface area contributed by atoms with Crippen LogP contribution in [0.5, 0.6) is 0 Å². The molecule has 0 saturated heterocycles. The lowest BCUT2D eigenvalue weighted by Crippen LogP contribution is -2.26. The second-order valence-corrected chi connectivity index (χ2v) is 5.99. The van der Waals surface area contributed by atoms with E-state index in [1.807, 2.05) is 12.3 Å². The van der Waals surface area contributed by atoms with Crippen molar-refractivity contribution < 1.29 is 0 Å². The van der Waals surface area contributed by atoms with Crippen LogP contribution in [0.15, 0.2) is 36.5 Å². The predicted octanol–water partition coefficient (Wildman–Crippen LogP) is 4.47. The number of rotatable bonds is 6. The Morgan fingerprint density at radius 3 is 2.95 bits per heavy atom. The summed E-state index contributed by atoms with van der Waals surface area (Å²) in [7, 11) is 0. The molecule has 20 heavy (non-hydrogen) atoms. The fraction of sp³-hybridized carbons (Fsp3) is 0.500. The van der Waals surface area contributed by atoms with Gasteiger partial charge in [-0.25, -0.2) is 0 Å². The Labute approximate surface area is 121 Å². The molecule has 1 fully saturated rings. The van der Waals surface area contributed by atoms with Crippen LogP contribution >= 0.6 is 0 Å². The topological polar surface area (TPSA) is 24.9 Å². The van der Waals surface area contributed by atoms with E-state index in [4.69, 9.17) is 0 Å². The number of aromatic nitrogens is 1. The third-order valence-corrected chi connectivity index (χ3v) is 4.46. The molecule has 1 aliphatic rings. The molecule has 0 bridgehead atoms. The highest BCUT2D eigenvalue weighted by Crippen LogP contribution is 2.35. The van der Waals surface area contributed by atoms with Gasteiger partial charge in [0.05, 0.1) is 5.52 Å². The number of nitrogens with zero attached hydrogens (tertiary/aromatic N) is 1. The van der Waals surface area contributed by atoms with E-state index in [-0.39, 0.29) is 0 Å². The maximum atomic E-state index is 4.41. The first-order chi connectivity index (χ1) is 9.86. The minimum atomic E-state index is 0.504. The molecule has 0 aliphatic heterocycles. The van der Waals surface area contributed by atoms with Crippen LogP contribution in [0.1, 0.15) is 50.6 Å². The Bertz CT molecular complexity index is 560. The zero-order valence-electron chi connectivity index (χ0n) is 12.3. The van der Waals surface area contributed by atoms with Crippen molar-refractivity contribution in [3.63, 3.8) is 0 Å². The fourth-order valence-electron chi connectivity index (χ4n) is 3.03. The van der Waals surface area contributed by atoms with Gasteiger partial charge < -0.3 is 5.32 Å². The summed E-state index contributed by atoms with van der Waals surface area (Å²) in [5.74, 6) is 0.925. The van der Waals surface area contributed by atoms with E-state index in [2.05, 4.69) is 41.5 Å². The van der Waals surface area contributed by atoms with Crippen LogP contribution in [0.4, 0.5) is 0 Å². The van der Waals surface area contributed by atoms with Crippen molar-refractivity contribution in [3.8, 4) is 0 Å². The van der Waals surface area contributed by atoms with Gasteiger partial charge >= 0.3 is 0 Å². The Morgan fingerprint density at radius 2 is 2.20 bits per heavy atom. The first-order valence-corrected chi connectivity index (χ1v) is 7.95. The maximum absolute atomic E-state index is 4.41. The molecular weight excluding hydrogens is 244 g/mol. The summed E-state index contributed by atoms with van der Waals surface area (Å²) in [6.07, 6.45) is 8.59. The molecule has 0 radical (unpaired) electrons. The average molecular weight is 268 g/mol. The normalized spacial score (nSPS) is 17.1. The van der Waals surface area contributed by atoms with Crippen LogP contribution in [-0.2, 0) is 0 Å². The van der Waals surface area contributed by atoms with E-state index in [0.29, 0.717) is 6.04 Å². The number of hydrogen-bond donors (Lipinski definition) is 1. The summed E-state index contributed by atoms with van der Waals surface area (Å²) in [6, 6.07) is 11.4. The van der Waals surface area contributed by atoms with Gasteiger partial charge in [0.15, 0.2) is 0 Å². The minimum absolute atomic E-state index is 0.504. The first-order valence-electron chi connectivity index (χ1n) is 7.95. The highest BCUT2D eigenvalue weighted by atomic mass is 14.9. The Morgan fingerprint density at radius 1 is 1.30 bits per heavy atom. The fourth-order valence-corrected chi connectivity index (χ4v) is 3.03. The van der Waals surface area contributed by atoms with Gasteiger partial charge in [-0.1, -0.05) is 38.3 Å². The molecule has 1 aromatic carbocycles. The van der Waals surface area contributed by atoms with Crippen LogP contribution in [-0.4, -0.2) is 11.5 Å². The number of pyridine rings is 1. The van der Waals surface area contributed by atoms with Crippen LogP contribution in [0, 0.1) is 5.92 Å². The Balaban J connectivity index is 1.82. The molecule has 1 atom stereocenters. The van der Waals surface area contributed by atoms with Gasteiger partial charge in [-0.05, 0) is 49.1 Å². The Hall–Kier alpha value is -1.41. The molecule has 1 N–H and O–H groups in total. The average Bonchev–Trinajstić information content (AvgIpc) is 2.45. The molecule has 2 aromatic rings. The number of benzene rings is 1. The number of fused-ring (bicyclic) bond motifs is 1. The van der Waals surface area contributed by atoms with Crippen molar-refractivity contribution in [3.05, 3.63) is 42.1 Å². The zero-order valence-corrected chi connectivity index (χ0v) is 12.3. The molecule has 1 unspecified atom stereocenters. The summed E-state index contributed by atoms with van der Waals surface area (Å²) >= 11 is 0. The molecule has 3 rings (SSSR count). The van der Waals surface area contributed by atoms with E-state index >= 15 is 0 Å². The minimum Gasteiger partial charge on any atom is -0.310 e. The summed E-state index contributed by atoms with van der Waals surface area (Å²) in [6.45, 7) is 3.33. The quantitative estimate of drug-likeness (QED) is 0.836. The lowest BCUT2D eigenvalue weighted by molar-refractivity contribution is 0.261. The standard InChI is InChI=1S/C18H24N2/c1-2-10-19-18(12-14-5-3-6-14)16-8-9-17-15(13-16)7-4-11-20-17/h4,7-9,11,13-14,18-19H,2-3,5-6,10,12H2,1H3. The monoisotopic (exact) mass is 268 g/mol. The third kappa shape index (κ3) is 3.01. The van der Waals surface area contributed by atoms with Crippen molar-refractivity contribution in [1.82, 2.24) is 10.3 Å². The van der Waals surface area contributed by atoms with Crippen molar-refractivity contribution in [2.75, 3.05) is 6.54 Å². The molecule has 0 amide bonds. The molecule has 0 spiro atoms. The second kappa shape index (κ2) is 6.36. The van der Waals surface area contributed by atoms with Crippen molar-refractivity contribution in [2.45, 2.75) is 45.1 Å². The highest BCUT2D eigenvalue weighted by molar-refractivity contribution is 5.79. The number of nitrogens with one attached hydrogen (secondary N) is 1. The van der Waals surface area contributed by atoms with Gasteiger partial charge in [0.25, 0.3) is 0 Å². The molecule has 2 heteroatoms. The van der Waals surface area contributed by atoms with Crippen molar-refractivity contribution in [1.29, 1.82) is 0 Å². The molecule has 1 heterocycles. The summed E-state index contributed by atoms with van der Waals surface area (Å²) in [5, 5.41) is 4.98. The largest absolute Gasteiger partial charge is 0.310 e. The maximum Gasteiger partial charge on any atom is 0.0702 e. The van der Waals surface area contributed by atoms with E-state index in [0.717, 1.165) is 18.0 Å². The van der Waals surface area contributed by atoms with Gasteiger partial charge in [0, 0.05) is 17.6 Å². The summed E-state index contributed by atoms with van der Waals surface area (Å²) in [4.78, 5) is 4.41. The molecule has 1 aromatic heterocycles. The van der Waals surface area contributed by atoms with Gasteiger partial charge in [-0.2, -0.15) is 0 Å². The lowest BCUT2D eigenvalue weighted by atomic mass is 9.79. The Kier molecular flexibility index (Phi) is 4.31. The van der Waals surface area contributed by atoms with Crippen LogP contribution < -0.4 is 5.32 Å². The smallest absolute Gasteiger partial charge is 0.0702 e. The third-order valence-electron chi connectivity index (χ3n) is 4.46. The molecular formula is C18H24N2. The molecule has 2 nitrogen and oxygen atoms in total. The molecule has 1 aliphatic carbocycles. The van der Waals surface area contributed by atoms with Crippen molar-refractivity contribution in [2.24, 2.45) is 5.92 Å². The van der Waals surface area contributed by atoms with E-state index in [1.54, 1.807) is 0 Å². The van der Waals surface area contributed by atoms with E-state index in [1.165, 1.54) is 43.1 Å². The lowest BCUT2D eigenvalue weighted by Gasteiger charge is -2.30. The molecule has 106 valence electrons. The summed E-state index contributed by atoms with van der Waals surface area (Å²) in [5.41, 5.74) is 2.51. The van der Waals surface area contributed by atoms with Gasteiger partial charge in [0.2, 0.25) is 0 Å². The first kappa shape index (κ1) is 13.6. The van der Waals surface area contributed by atoms with Crippen molar-refractivity contribution >= 4 is 10.9 Å².